The van der Waals surface area contributed by atoms with Crippen LogP contribution in [0.15, 0.2) is 17.8 Å². The highest BCUT2D eigenvalue weighted by molar-refractivity contribution is 7.09. The molecule has 0 radical (unpaired) electrons. The van der Waals surface area contributed by atoms with Crippen molar-refractivity contribution < 1.29 is 0 Å². The van der Waals surface area contributed by atoms with Crippen molar-refractivity contribution in [2.45, 2.75) is 58.5 Å². The van der Waals surface area contributed by atoms with Gasteiger partial charge in [-0.2, -0.15) is 0 Å². The Labute approximate surface area is 131 Å². The molecule has 0 fully saturated rings. The van der Waals surface area contributed by atoms with E-state index in [1.165, 1.54) is 48.2 Å². The Morgan fingerprint density at radius 1 is 1.38 bits per heavy atom. The van der Waals surface area contributed by atoms with Crippen LogP contribution in [0.4, 0.5) is 0 Å². The molecule has 1 atom stereocenters. The van der Waals surface area contributed by atoms with E-state index in [0.717, 1.165) is 18.8 Å². The summed E-state index contributed by atoms with van der Waals surface area (Å²) in [6.45, 7) is 6.32. The number of aromatic nitrogens is 2. The lowest BCUT2D eigenvalue weighted by Crippen LogP contribution is -2.21. The Morgan fingerprint density at radius 3 is 3.05 bits per heavy atom. The highest BCUT2D eigenvalue weighted by atomic mass is 32.1. The molecule has 1 N–H and O–H groups in total. The number of rotatable bonds is 5. The first-order chi connectivity index (χ1) is 10.3. The molecule has 0 amide bonds. The maximum Gasteiger partial charge on any atom is 0.113 e. The first-order valence-electron chi connectivity index (χ1n) is 8.09. The average molecular weight is 303 g/mol. The minimum Gasteiger partial charge on any atom is -0.347 e. The van der Waals surface area contributed by atoms with Crippen LogP contribution in [0.2, 0.25) is 0 Å². The lowest BCUT2D eigenvalue weighted by Gasteiger charge is -2.16. The third-order valence-electron chi connectivity index (χ3n) is 4.19. The molecule has 4 heteroatoms. The smallest absolute Gasteiger partial charge is 0.113 e. The largest absolute Gasteiger partial charge is 0.347 e. The second-order valence-corrected chi connectivity index (χ2v) is 6.99. The molecule has 3 nitrogen and oxygen atoms in total. The topological polar surface area (TPSA) is 29.9 Å². The molecule has 0 aromatic carbocycles. The Kier molecular flexibility index (Phi) is 4.76. The lowest BCUT2D eigenvalue weighted by molar-refractivity contribution is 0.488. The molecule has 2 aromatic heterocycles. The third kappa shape index (κ3) is 3.55. The molecule has 1 aliphatic rings. The number of thiazole rings is 1. The van der Waals surface area contributed by atoms with Gasteiger partial charge in [-0.15, -0.1) is 11.3 Å². The second kappa shape index (κ2) is 6.75. The van der Waals surface area contributed by atoms with E-state index in [2.05, 4.69) is 46.5 Å². The van der Waals surface area contributed by atoms with Gasteiger partial charge in [0.2, 0.25) is 0 Å². The van der Waals surface area contributed by atoms with Gasteiger partial charge in [0.15, 0.2) is 0 Å². The molecule has 0 saturated carbocycles. The SMILES string of the molecule is CCCNC1CCCCc2cn(Cc3nc(C)cs3)cc21. The lowest BCUT2D eigenvalue weighted by atomic mass is 10.0. The van der Waals surface area contributed by atoms with Crippen molar-refractivity contribution in [2.75, 3.05) is 6.54 Å². The van der Waals surface area contributed by atoms with Crippen LogP contribution in [0.1, 0.15) is 60.5 Å². The predicted octanol–water partition coefficient (Wildman–Crippen LogP) is 4.07. The molecule has 2 aromatic rings. The van der Waals surface area contributed by atoms with Crippen LogP contribution in [-0.2, 0) is 13.0 Å². The van der Waals surface area contributed by atoms with E-state index in [-0.39, 0.29) is 0 Å². The molecule has 1 unspecified atom stereocenters. The molecule has 0 spiro atoms. The van der Waals surface area contributed by atoms with Crippen molar-refractivity contribution >= 4 is 11.3 Å². The first kappa shape index (κ1) is 14.8. The van der Waals surface area contributed by atoms with Crippen molar-refractivity contribution in [1.29, 1.82) is 0 Å². The van der Waals surface area contributed by atoms with Crippen molar-refractivity contribution in [3.05, 3.63) is 39.6 Å². The van der Waals surface area contributed by atoms with Gasteiger partial charge < -0.3 is 9.88 Å². The Morgan fingerprint density at radius 2 is 2.29 bits per heavy atom. The summed E-state index contributed by atoms with van der Waals surface area (Å²) in [6.07, 6.45) is 11.0. The number of nitrogens with one attached hydrogen (secondary N) is 1. The molecular formula is C17H25N3S. The first-order valence-corrected chi connectivity index (χ1v) is 8.97. The average Bonchev–Trinajstić information content (AvgIpc) is 3.00. The summed E-state index contributed by atoms with van der Waals surface area (Å²) in [7, 11) is 0. The molecule has 0 aliphatic heterocycles. The monoisotopic (exact) mass is 303 g/mol. The molecule has 3 rings (SSSR count). The van der Waals surface area contributed by atoms with Crippen molar-refractivity contribution in [3.63, 3.8) is 0 Å². The number of hydrogen-bond acceptors (Lipinski definition) is 3. The van der Waals surface area contributed by atoms with E-state index in [1.807, 2.05) is 0 Å². The van der Waals surface area contributed by atoms with Gasteiger partial charge in [0.1, 0.15) is 5.01 Å². The van der Waals surface area contributed by atoms with Crippen LogP contribution in [0.25, 0.3) is 0 Å². The Hall–Kier alpha value is -1.13. The minimum atomic E-state index is 0.543. The zero-order valence-electron chi connectivity index (χ0n) is 13.1. The van der Waals surface area contributed by atoms with Crippen molar-refractivity contribution in [2.24, 2.45) is 0 Å². The van der Waals surface area contributed by atoms with E-state index in [4.69, 9.17) is 0 Å². The molecule has 0 saturated heterocycles. The summed E-state index contributed by atoms with van der Waals surface area (Å²) in [5.41, 5.74) is 4.19. The fourth-order valence-electron chi connectivity index (χ4n) is 3.17. The van der Waals surface area contributed by atoms with Gasteiger partial charge in [0.25, 0.3) is 0 Å². The maximum atomic E-state index is 4.58. The van der Waals surface area contributed by atoms with Crippen molar-refractivity contribution in [1.82, 2.24) is 14.9 Å². The molecule has 114 valence electrons. The molecular weight excluding hydrogens is 278 g/mol. The summed E-state index contributed by atoms with van der Waals surface area (Å²) < 4.78 is 2.33. The van der Waals surface area contributed by atoms with Crippen LogP contribution in [0, 0.1) is 6.92 Å². The minimum absolute atomic E-state index is 0.543. The van der Waals surface area contributed by atoms with Crippen LogP contribution in [0.3, 0.4) is 0 Å². The summed E-state index contributed by atoms with van der Waals surface area (Å²) >= 11 is 1.76. The Balaban J connectivity index is 1.79. The third-order valence-corrected chi connectivity index (χ3v) is 5.14. The number of hydrogen-bond donors (Lipinski definition) is 1. The van der Waals surface area contributed by atoms with Gasteiger partial charge in [0, 0.05) is 29.5 Å². The van der Waals surface area contributed by atoms with Crippen LogP contribution < -0.4 is 5.32 Å². The van der Waals surface area contributed by atoms with Crippen molar-refractivity contribution in [3.8, 4) is 0 Å². The number of fused-ring (bicyclic) bond motifs is 1. The fourth-order valence-corrected chi connectivity index (χ4v) is 3.95. The zero-order valence-corrected chi connectivity index (χ0v) is 13.9. The van der Waals surface area contributed by atoms with Gasteiger partial charge in [-0.25, -0.2) is 4.98 Å². The standard InChI is InChI=1S/C17H25N3S/c1-3-8-18-16-7-5-4-6-14-9-20(10-15(14)16)11-17-19-13(2)12-21-17/h9-10,12,16,18H,3-8,11H2,1-2H3. The molecule has 2 heterocycles. The quantitative estimate of drug-likeness (QED) is 0.844. The predicted molar refractivity (Wildman–Crippen MR) is 89.0 cm³/mol. The summed E-state index contributed by atoms with van der Waals surface area (Å²) in [6, 6.07) is 0.543. The summed E-state index contributed by atoms with van der Waals surface area (Å²) in [4.78, 5) is 4.58. The normalized spacial score (nSPS) is 18.5. The fraction of sp³-hybridized carbons (Fsp3) is 0.588. The highest BCUT2D eigenvalue weighted by Crippen LogP contribution is 2.30. The van der Waals surface area contributed by atoms with E-state index < -0.39 is 0 Å². The van der Waals surface area contributed by atoms with E-state index >= 15 is 0 Å². The van der Waals surface area contributed by atoms with Gasteiger partial charge in [-0.05, 0) is 50.3 Å². The van der Waals surface area contributed by atoms with Crippen LogP contribution >= 0.6 is 11.3 Å². The zero-order chi connectivity index (χ0) is 14.7. The molecule has 1 aliphatic carbocycles. The summed E-state index contributed by atoms with van der Waals surface area (Å²) in [5.74, 6) is 0. The van der Waals surface area contributed by atoms with Crippen LogP contribution in [-0.4, -0.2) is 16.1 Å². The van der Waals surface area contributed by atoms with Gasteiger partial charge in [0.05, 0.1) is 6.54 Å². The van der Waals surface area contributed by atoms with Crippen LogP contribution in [0.5, 0.6) is 0 Å². The van der Waals surface area contributed by atoms with Gasteiger partial charge >= 0.3 is 0 Å². The molecule has 21 heavy (non-hydrogen) atoms. The van der Waals surface area contributed by atoms with E-state index in [0.29, 0.717) is 6.04 Å². The number of nitrogens with zero attached hydrogens (tertiary/aromatic N) is 2. The highest BCUT2D eigenvalue weighted by Gasteiger charge is 2.20. The van der Waals surface area contributed by atoms with Gasteiger partial charge in [-0.3, -0.25) is 0 Å². The molecule has 0 bridgehead atoms. The summed E-state index contributed by atoms with van der Waals surface area (Å²) in [5, 5.41) is 7.06. The second-order valence-electron chi connectivity index (χ2n) is 6.05. The maximum absolute atomic E-state index is 4.58. The number of aryl methyl sites for hydroxylation is 2. The van der Waals surface area contributed by atoms with Gasteiger partial charge in [-0.1, -0.05) is 13.3 Å². The Bertz CT molecular complexity index is 585. The van der Waals surface area contributed by atoms with E-state index in [1.54, 1.807) is 11.3 Å². The van der Waals surface area contributed by atoms with E-state index in [9.17, 15) is 0 Å².